The van der Waals surface area contributed by atoms with Crippen LogP contribution in [0.3, 0.4) is 0 Å². The van der Waals surface area contributed by atoms with Crippen LogP contribution in [0.5, 0.6) is 0 Å². The molecule has 0 atom stereocenters. The van der Waals surface area contributed by atoms with Crippen molar-refractivity contribution in [2.24, 2.45) is 0 Å². The molecule has 0 spiro atoms. The molecule has 3 N–H and O–H groups in total. The Bertz CT molecular complexity index is 34.7. The van der Waals surface area contributed by atoms with Gasteiger partial charge in [-0.05, 0) is 6.42 Å². The SMILES string of the molecule is CCCCOO.OCCO. The largest absolute Gasteiger partial charge is 0.394 e. The first kappa shape index (κ1) is 12.5. The van der Waals surface area contributed by atoms with Crippen molar-refractivity contribution in [3.8, 4) is 0 Å². The van der Waals surface area contributed by atoms with Crippen LogP contribution in [0.1, 0.15) is 19.8 Å². The van der Waals surface area contributed by atoms with Gasteiger partial charge >= 0.3 is 0 Å². The summed E-state index contributed by atoms with van der Waals surface area (Å²) in [7, 11) is 0. The van der Waals surface area contributed by atoms with Gasteiger partial charge in [-0.2, -0.15) is 0 Å². The average Bonchev–Trinajstić information content (AvgIpc) is 2.01. The molecule has 0 aromatic carbocycles. The lowest BCUT2D eigenvalue weighted by Gasteiger charge is -1.87. The second-order valence-electron chi connectivity index (χ2n) is 1.63. The monoisotopic (exact) mass is 152 g/mol. The van der Waals surface area contributed by atoms with Crippen LogP contribution in [0, 0.1) is 0 Å². The quantitative estimate of drug-likeness (QED) is 0.307. The summed E-state index contributed by atoms with van der Waals surface area (Å²) in [6, 6.07) is 0. The van der Waals surface area contributed by atoms with Gasteiger partial charge in [0.15, 0.2) is 0 Å². The summed E-state index contributed by atoms with van der Waals surface area (Å²) in [6.07, 6.45) is 2.01. The van der Waals surface area contributed by atoms with E-state index in [-0.39, 0.29) is 13.2 Å². The molecule has 0 saturated carbocycles. The van der Waals surface area contributed by atoms with Crippen LogP contribution in [0.2, 0.25) is 0 Å². The third-order valence-corrected chi connectivity index (χ3v) is 0.689. The van der Waals surface area contributed by atoms with E-state index < -0.39 is 0 Å². The van der Waals surface area contributed by atoms with Gasteiger partial charge in [-0.25, -0.2) is 4.89 Å². The third-order valence-electron chi connectivity index (χ3n) is 0.689. The van der Waals surface area contributed by atoms with Crippen molar-refractivity contribution in [2.45, 2.75) is 19.8 Å². The maximum atomic E-state index is 7.70. The molecular weight excluding hydrogens is 136 g/mol. The standard InChI is InChI=1S/C4H10O2.C2H6O2/c1-2-3-4-6-5;3-1-2-4/h5H,2-4H2,1H3;3-4H,1-2H2. The van der Waals surface area contributed by atoms with Crippen molar-refractivity contribution in [2.75, 3.05) is 19.8 Å². The minimum absolute atomic E-state index is 0.125. The number of aliphatic hydroxyl groups is 2. The summed E-state index contributed by atoms with van der Waals surface area (Å²) in [5.41, 5.74) is 0. The van der Waals surface area contributed by atoms with E-state index >= 15 is 0 Å². The van der Waals surface area contributed by atoms with Crippen molar-refractivity contribution < 1.29 is 20.4 Å². The first-order chi connectivity index (χ1) is 4.83. The molecule has 0 aromatic rings. The van der Waals surface area contributed by atoms with Crippen LogP contribution in [0.4, 0.5) is 0 Å². The lowest BCUT2D eigenvalue weighted by Crippen LogP contribution is -1.85. The predicted octanol–water partition coefficient (Wildman–Crippen LogP) is 0.247. The van der Waals surface area contributed by atoms with Crippen molar-refractivity contribution in [1.29, 1.82) is 0 Å². The highest BCUT2D eigenvalue weighted by molar-refractivity contribution is 4.24. The molecular formula is C6H16O4. The summed E-state index contributed by atoms with van der Waals surface area (Å²) in [5.74, 6) is 0. The van der Waals surface area contributed by atoms with Crippen molar-refractivity contribution >= 4 is 0 Å². The Kier molecular flexibility index (Phi) is 19.9. The molecule has 0 aliphatic heterocycles. The van der Waals surface area contributed by atoms with Crippen LogP contribution in [-0.4, -0.2) is 35.3 Å². The minimum atomic E-state index is -0.125. The van der Waals surface area contributed by atoms with Crippen molar-refractivity contribution in [1.82, 2.24) is 0 Å². The summed E-state index contributed by atoms with van der Waals surface area (Å²) in [5, 5.41) is 22.9. The Morgan fingerprint density at radius 3 is 1.80 bits per heavy atom. The minimum Gasteiger partial charge on any atom is -0.394 e. The van der Waals surface area contributed by atoms with E-state index in [2.05, 4.69) is 4.89 Å². The molecule has 0 unspecified atom stereocenters. The van der Waals surface area contributed by atoms with E-state index in [1.54, 1.807) is 0 Å². The summed E-state index contributed by atoms with van der Waals surface area (Å²) >= 11 is 0. The van der Waals surface area contributed by atoms with Crippen molar-refractivity contribution in [3.05, 3.63) is 0 Å². The predicted molar refractivity (Wildman–Crippen MR) is 37.7 cm³/mol. The van der Waals surface area contributed by atoms with E-state index in [0.717, 1.165) is 12.8 Å². The van der Waals surface area contributed by atoms with Crippen LogP contribution < -0.4 is 0 Å². The molecule has 10 heavy (non-hydrogen) atoms. The Morgan fingerprint density at radius 1 is 1.20 bits per heavy atom. The summed E-state index contributed by atoms with van der Waals surface area (Å²) < 4.78 is 0. The molecule has 0 radical (unpaired) electrons. The highest BCUT2D eigenvalue weighted by Crippen LogP contribution is 1.83. The van der Waals surface area contributed by atoms with Crippen molar-refractivity contribution in [3.63, 3.8) is 0 Å². The number of hydrogen-bond acceptors (Lipinski definition) is 4. The Morgan fingerprint density at radius 2 is 1.70 bits per heavy atom. The fourth-order valence-electron chi connectivity index (χ4n) is 0.209. The second kappa shape index (κ2) is 15.9. The van der Waals surface area contributed by atoms with Crippen LogP contribution in [-0.2, 0) is 4.89 Å². The molecule has 4 heteroatoms. The van der Waals surface area contributed by atoms with E-state index in [0.29, 0.717) is 6.61 Å². The van der Waals surface area contributed by atoms with Crippen LogP contribution in [0.15, 0.2) is 0 Å². The zero-order chi connectivity index (χ0) is 8.24. The topological polar surface area (TPSA) is 69.9 Å². The van der Waals surface area contributed by atoms with E-state index in [1.807, 2.05) is 6.92 Å². The maximum absolute atomic E-state index is 7.70. The zero-order valence-corrected chi connectivity index (χ0v) is 6.29. The molecule has 0 saturated heterocycles. The Balaban J connectivity index is 0. The summed E-state index contributed by atoms with van der Waals surface area (Å²) in [6.45, 7) is 2.26. The lowest BCUT2D eigenvalue weighted by atomic mass is 10.4. The lowest BCUT2D eigenvalue weighted by molar-refractivity contribution is -0.242. The van der Waals surface area contributed by atoms with Crippen LogP contribution in [0.25, 0.3) is 0 Å². The Labute approximate surface area is 61.0 Å². The highest BCUT2D eigenvalue weighted by atomic mass is 17.1. The van der Waals surface area contributed by atoms with Gasteiger partial charge in [0.2, 0.25) is 0 Å². The number of unbranched alkanes of at least 4 members (excludes halogenated alkanes) is 1. The molecule has 64 valence electrons. The van der Waals surface area contributed by atoms with E-state index in [1.165, 1.54) is 0 Å². The molecule has 0 aliphatic carbocycles. The van der Waals surface area contributed by atoms with Gasteiger partial charge in [-0.1, -0.05) is 13.3 Å². The van der Waals surface area contributed by atoms with E-state index in [4.69, 9.17) is 15.5 Å². The highest BCUT2D eigenvalue weighted by Gasteiger charge is 1.76. The smallest absolute Gasteiger partial charge is 0.0819 e. The number of aliphatic hydroxyl groups excluding tert-OH is 2. The van der Waals surface area contributed by atoms with Crippen LogP contribution >= 0.6 is 0 Å². The second-order valence-corrected chi connectivity index (χ2v) is 1.63. The number of rotatable bonds is 4. The van der Waals surface area contributed by atoms with Gasteiger partial charge in [0, 0.05) is 0 Å². The average molecular weight is 152 g/mol. The fraction of sp³-hybridized carbons (Fsp3) is 1.00. The molecule has 0 aromatic heterocycles. The molecule has 4 nitrogen and oxygen atoms in total. The van der Waals surface area contributed by atoms with Gasteiger partial charge in [0.1, 0.15) is 0 Å². The van der Waals surface area contributed by atoms with Gasteiger partial charge in [0.05, 0.1) is 19.8 Å². The maximum Gasteiger partial charge on any atom is 0.0819 e. The first-order valence-electron chi connectivity index (χ1n) is 3.31. The van der Waals surface area contributed by atoms with Gasteiger partial charge in [-0.15, -0.1) is 0 Å². The molecule has 0 heterocycles. The molecule has 0 amide bonds. The third kappa shape index (κ3) is 24.9. The first-order valence-corrected chi connectivity index (χ1v) is 3.31. The van der Waals surface area contributed by atoms with Gasteiger partial charge in [-0.3, -0.25) is 5.26 Å². The zero-order valence-electron chi connectivity index (χ0n) is 6.29. The van der Waals surface area contributed by atoms with E-state index in [9.17, 15) is 0 Å². The molecule has 0 fully saturated rings. The fourth-order valence-corrected chi connectivity index (χ4v) is 0.209. The van der Waals surface area contributed by atoms with Gasteiger partial charge in [0.25, 0.3) is 0 Å². The molecule has 0 rings (SSSR count). The number of hydrogen-bond donors (Lipinski definition) is 3. The molecule has 0 aliphatic rings. The summed E-state index contributed by atoms with van der Waals surface area (Å²) in [4.78, 5) is 3.78. The van der Waals surface area contributed by atoms with Gasteiger partial charge < -0.3 is 10.2 Å². The Hall–Kier alpha value is -0.160. The molecule has 0 bridgehead atoms. The normalized spacial score (nSPS) is 8.40.